The largest absolute Gasteiger partial charge is 0.464 e. The Hall–Kier alpha value is -0.610. The van der Waals surface area contributed by atoms with Gasteiger partial charge in [-0.05, 0) is 0 Å². The maximum Gasteiger partial charge on any atom is 0.357 e. The molecule has 0 amide bonds. The number of thiazole rings is 1. The van der Waals surface area contributed by atoms with E-state index in [9.17, 15) is 4.79 Å². The molecule has 66 valence electrons. The summed E-state index contributed by atoms with van der Waals surface area (Å²) in [4.78, 5) is 15.0. The van der Waals surface area contributed by atoms with Gasteiger partial charge in [0.15, 0.2) is 5.69 Å². The third-order valence-corrected chi connectivity index (χ3v) is 2.35. The van der Waals surface area contributed by atoms with Gasteiger partial charge in [0, 0.05) is 17.7 Å². The minimum absolute atomic E-state index is 0.364. The minimum Gasteiger partial charge on any atom is -0.464 e. The van der Waals surface area contributed by atoms with E-state index in [1.165, 1.54) is 18.4 Å². The summed E-state index contributed by atoms with van der Waals surface area (Å²) in [7, 11) is 1.34. The number of ether oxygens (including phenoxy) is 1. The minimum atomic E-state index is -0.396. The Morgan fingerprint density at radius 3 is 3.17 bits per heavy atom. The smallest absolute Gasteiger partial charge is 0.357 e. The summed E-state index contributed by atoms with van der Waals surface area (Å²) in [6.07, 6.45) is 0.698. The van der Waals surface area contributed by atoms with Gasteiger partial charge < -0.3 is 4.74 Å². The lowest BCUT2D eigenvalue weighted by atomic mass is 10.5. The number of aryl methyl sites for hydroxylation is 1. The maximum absolute atomic E-state index is 10.9. The number of carbonyl (C=O) groups excluding carboxylic acids is 1. The average Bonchev–Trinajstić information content (AvgIpc) is 2.52. The molecule has 0 aliphatic rings. The molecule has 12 heavy (non-hydrogen) atoms. The van der Waals surface area contributed by atoms with Crippen LogP contribution in [0.15, 0.2) is 5.38 Å². The number of rotatable bonds is 3. The molecule has 5 heteroatoms. The number of halogens is 1. The van der Waals surface area contributed by atoms with Crippen LogP contribution in [0.4, 0.5) is 0 Å². The van der Waals surface area contributed by atoms with Crippen LogP contribution in [0.25, 0.3) is 0 Å². The van der Waals surface area contributed by atoms with E-state index in [0.717, 1.165) is 5.01 Å². The second-order valence-corrected chi connectivity index (χ2v) is 3.38. The highest BCUT2D eigenvalue weighted by Gasteiger charge is 2.09. The summed E-state index contributed by atoms with van der Waals surface area (Å²) in [5.41, 5.74) is 0.364. The SMILES string of the molecule is COC(=O)c1csc(CCCl)n1. The van der Waals surface area contributed by atoms with Crippen LogP contribution in [-0.4, -0.2) is 23.9 Å². The van der Waals surface area contributed by atoms with Gasteiger partial charge in [-0.15, -0.1) is 22.9 Å². The summed E-state index contributed by atoms with van der Waals surface area (Å²) in [5.74, 6) is 0.126. The zero-order chi connectivity index (χ0) is 8.97. The predicted molar refractivity (Wildman–Crippen MR) is 47.9 cm³/mol. The second kappa shape index (κ2) is 4.42. The van der Waals surface area contributed by atoms with Crippen LogP contribution in [0.2, 0.25) is 0 Å². The molecule has 1 aromatic rings. The molecule has 0 atom stereocenters. The summed E-state index contributed by atoms with van der Waals surface area (Å²) in [5, 5.41) is 2.54. The van der Waals surface area contributed by atoms with E-state index in [0.29, 0.717) is 18.0 Å². The molecule has 0 saturated heterocycles. The first kappa shape index (κ1) is 9.48. The molecule has 0 aliphatic heterocycles. The standard InChI is InChI=1S/C7H8ClNO2S/c1-11-7(10)5-4-12-6(9-5)2-3-8/h4H,2-3H2,1H3. The molecular formula is C7H8ClNO2S. The van der Waals surface area contributed by atoms with Crippen molar-refractivity contribution in [1.29, 1.82) is 0 Å². The van der Waals surface area contributed by atoms with Crippen molar-refractivity contribution in [3.63, 3.8) is 0 Å². The first-order valence-corrected chi connectivity index (χ1v) is 4.78. The van der Waals surface area contributed by atoms with E-state index in [-0.39, 0.29) is 0 Å². The first-order valence-electron chi connectivity index (χ1n) is 3.36. The van der Waals surface area contributed by atoms with Crippen molar-refractivity contribution in [2.75, 3.05) is 13.0 Å². The van der Waals surface area contributed by atoms with Gasteiger partial charge in [-0.2, -0.15) is 0 Å². The molecule has 1 aromatic heterocycles. The fraction of sp³-hybridized carbons (Fsp3) is 0.429. The number of carbonyl (C=O) groups is 1. The summed E-state index contributed by atoms with van der Waals surface area (Å²) >= 11 is 6.93. The Bertz CT molecular complexity index is 274. The highest BCUT2D eigenvalue weighted by Crippen LogP contribution is 2.11. The van der Waals surface area contributed by atoms with Gasteiger partial charge in [0.25, 0.3) is 0 Å². The maximum atomic E-state index is 10.9. The van der Waals surface area contributed by atoms with Crippen LogP contribution in [0.1, 0.15) is 15.5 Å². The fourth-order valence-corrected chi connectivity index (χ4v) is 1.76. The van der Waals surface area contributed by atoms with Crippen LogP contribution in [-0.2, 0) is 11.2 Å². The van der Waals surface area contributed by atoms with Crippen molar-refractivity contribution >= 4 is 28.9 Å². The van der Waals surface area contributed by atoms with E-state index in [4.69, 9.17) is 11.6 Å². The molecule has 0 N–H and O–H groups in total. The Balaban J connectivity index is 2.70. The van der Waals surface area contributed by atoms with Crippen molar-refractivity contribution in [1.82, 2.24) is 4.98 Å². The summed E-state index contributed by atoms with van der Waals surface area (Å²) in [6.45, 7) is 0. The molecule has 0 aromatic carbocycles. The monoisotopic (exact) mass is 205 g/mol. The summed E-state index contributed by atoms with van der Waals surface area (Å²) in [6, 6.07) is 0. The van der Waals surface area contributed by atoms with E-state index in [1.807, 2.05) is 0 Å². The van der Waals surface area contributed by atoms with Gasteiger partial charge in [-0.3, -0.25) is 0 Å². The van der Waals surface area contributed by atoms with Gasteiger partial charge >= 0.3 is 5.97 Å². The Morgan fingerprint density at radius 2 is 2.58 bits per heavy atom. The topological polar surface area (TPSA) is 39.2 Å². The van der Waals surface area contributed by atoms with Crippen LogP contribution in [0, 0.1) is 0 Å². The van der Waals surface area contributed by atoms with Gasteiger partial charge in [-0.1, -0.05) is 0 Å². The normalized spacial score (nSPS) is 9.83. The molecule has 3 nitrogen and oxygen atoms in total. The number of hydrogen-bond donors (Lipinski definition) is 0. The van der Waals surface area contributed by atoms with Crippen LogP contribution < -0.4 is 0 Å². The molecule has 0 aliphatic carbocycles. The molecule has 1 rings (SSSR count). The third-order valence-electron chi connectivity index (χ3n) is 1.25. The highest BCUT2D eigenvalue weighted by molar-refractivity contribution is 7.09. The molecule has 0 radical (unpaired) electrons. The van der Waals surface area contributed by atoms with Gasteiger partial charge in [-0.25, -0.2) is 9.78 Å². The third kappa shape index (κ3) is 2.19. The van der Waals surface area contributed by atoms with Crippen molar-refractivity contribution in [2.45, 2.75) is 6.42 Å². The molecule has 0 bridgehead atoms. The van der Waals surface area contributed by atoms with E-state index >= 15 is 0 Å². The molecule has 1 heterocycles. The Labute approximate surface area is 79.3 Å². The molecule has 0 saturated carbocycles. The number of nitrogens with zero attached hydrogens (tertiary/aromatic N) is 1. The zero-order valence-corrected chi connectivity index (χ0v) is 8.11. The lowest BCUT2D eigenvalue weighted by Crippen LogP contribution is -2.01. The quantitative estimate of drug-likeness (QED) is 0.557. The number of alkyl halides is 1. The number of aromatic nitrogens is 1. The number of esters is 1. The highest BCUT2D eigenvalue weighted by atomic mass is 35.5. The van der Waals surface area contributed by atoms with Crippen molar-refractivity contribution < 1.29 is 9.53 Å². The molecule has 0 spiro atoms. The Morgan fingerprint density at radius 1 is 1.83 bits per heavy atom. The van der Waals surface area contributed by atoms with Crippen LogP contribution in [0.3, 0.4) is 0 Å². The number of hydrogen-bond acceptors (Lipinski definition) is 4. The van der Waals surface area contributed by atoms with Crippen LogP contribution in [0.5, 0.6) is 0 Å². The fourth-order valence-electron chi connectivity index (χ4n) is 0.705. The summed E-state index contributed by atoms with van der Waals surface area (Å²) < 4.78 is 4.50. The van der Waals surface area contributed by atoms with Gasteiger partial charge in [0.05, 0.1) is 12.1 Å². The van der Waals surface area contributed by atoms with Gasteiger partial charge in [0.2, 0.25) is 0 Å². The Kier molecular flexibility index (Phi) is 3.49. The second-order valence-electron chi connectivity index (χ2n) is 2.06. The van der Waals surface area contributed by atoms with E-state index in [2.05, 4.69) is 9.72 Å². The molecular weight excluding hydrogens is 198 g/mol. The first-order chi connectivity index (χ1) is 5.77. The lowest BCUT2D eigenvalue weighted by molar-refractivity contribution is 0.0595. The predicted octanol–water partition coefficient (Wildman–Crippen LogP) is 1.71. The van der Waals surface area contributed by atoms with E-state index in [1.54, 1.807) is 5.38 Å². The molecule has 0 fully saturated rings. The zero-order valence-electron chi connectivity index (χ0n) is 6.54. The van der Waals surface area contributed by atoms with Crippen molar-refractivity contribution in [2.24, 2.45) is 0 Å². The number of methoxy groups -OCH3 is 1. The molecule has 0 unspecified atom stereocenters. The van der Waals surface area contributed by atoms with Crippen molar-refractivity contribution in [3.05, 3.63) is 16.1 Å². The van der Waals surface area contributed by atoms with Crippen LogP contribution >= 0.6 is 22.9 Å². The lowest BCUT2D eigenvalue weighted by Gasteiger charge is -1.91. The average molecular weight is 206 g/mol. The van der Waals surface area contributed by atoms with E-state index < -0.39 is 5.97 Å². The van der Waals surface area contributed by atoms with Gasteiger partial charge in [0.1, 0.15) is 0 Å². The van der Waals surface area contributed by atoms with Crippen molar-refractivity contribution in [3.8, 4) is 0 Å².